The van der Waals surface area contributed by atoms with Gasteiger partial charge in [-0.15, -0.1) is 11.3 Å². The standard InChI is InChI=1S/C21H19ClN4O2S/c1-21(2,3)26-19-15(11-23-26)18(17-5-4-10-29-17)24-25(20(19)28)12-16(27)13-6-8-14(22)9-7-13/h4-11H,12H2,1-3H3. The van der Waals surface area contributed by atoms with E-state index >= 15 is 0 Å². The van der Waals surface area contributed by atoms with Crippen LogP contribution in [0.3, 0.4) is 0 Å². The topological polar surface area (TPSA) is 69.8 Å². The summed E-state index contributed by atoms with van der Waals surface area (Å²) in [6, 6.07) is 10.5. The number of hydrogen-bond donors (Lipinski definition) is 0. The number of ketones is 1. The molecule has 0 unspecified atom stereocenters. The van der Waals surface area contributed by atoms with E-state index in [2.05, 4.69) is 10.2 Å². The van der Waals surface area contributed by atoms with Crippen molar-refractivity contribution < 1.29 is 4.79 Å². The van der Waals surface area contributed by atoms with E-state index in [0.717, 1.165) is 4.88 Å². The Morgan fingerprint density at radius 1 is 1.17 bits per heavy atom. The minimum Gasteiger partial charge on any atom is -0.292 e. The molecule has 8 heteroatoms. The average molecular weight is 427 g/mol. The number of fused-ring (bicyclic) bond motifs is 1. The molecule has 0 amide bonds. The highest BCUT2D eigenvalue weighted by Crippen LogP contribution is 2.30. The van der Waals surface area contributed by atoms with Crippen LogP contribution in [-0.4, -0.2) is 25.3 Å². The van der Waals surface area contributed by atoms with Crippen LogP contribution in [-0.2, 0) is 12.1 Å². The van der Waals surface area contributed by atoms with Gasteiger partial charge in [0.1, 0.15) is 17.8 Å². The van der Waals surface area contributed by atoms with E-state index in [9.17, 15) is 9.59 Å². The molecule has 6 nitrogen and oxygen atoms in total. The Kier molecular flexibility index (Phi) is 4.88. The van der Waals surface area contributed by atoms with Gasteiger partial charge in [0.25, 0.3) is 5.56 Å². The van der Waals surface area contributed by atoms with Crippen molar-refractivity contribution in [2.75, 3.05) is 0 Å². The van der Waals surface area contributed by atoms with Crippen LogP contribution in [0.2, 0.25) is 5.02 Å². The number of thiophene rings is 1. The molecular weight excluding hydrogens is 408 g/mol. The van der Waals surface area contributed by atoms with E-state index in [-0.39, 0.29) is 17.9 Å². The summed E-state index contributed by atoms with van der Waals surface area (Å²) < 4.78 is 2.94. The molecule has 0 radical (unpaired) electrons. The van der Waals surface area contributed by atoms with Crippen LogP contribution < -0.4 is 5.56 Å². The highest BCUT2D eigenvalue weighted by atomic mass is 35.5. The van der Waals surface area contributed by atoms with Crippen molar-refractivity contribution in [2.24, 2.45) is 0 Å². The Morgan fingerprint density at radius 3 is 2.52 bits per heavy atom. The lowest BCUT2D eigenvalue weighted by molar-refractivity contribution is 0.0966. The normalized spacial score (nSPS) is 11.9. The monoisotopic (exact) mass is 426 g/mol. The lowest BCUT2D eigenvalue weighted by Crippen LogP contribution is -2.32. The van der Waals surface area contributed by atoms with Gasteiger partial charge in [0, 0.05) is 10.6 Å². The highest BCUT2D eigenvalue weighted by Gasteiger charge is 2.24. The Hall–Kier alpha value is -2.77. The number of benzene rings is 1. The molecule has 0 aliphatic heterocycles. The van der Waals surface area contributed by atoms with Gasteiger partial charge in [-0.3, -0.25) is 14.3 Å². The second kappa shape index (κ2) is 7.24. The van der Waals surface area contributed by atoms with Crippen LogP contribution in [0.4, 0.5) is 0 Å². The van der Waals surface area contributed by atoms with Gasteiger partial charge >= 0.3 is 0 Å². The second-order valence-corrected chi connectivity index (χ2v) is 9.09. The van der Waals surface area contributed by atoms with E-state index in [4.69, 9.17) is 11.6 Å². The first-order valence-corrected chi connectivity index (χ1v) is 10.3. The third-order valence-electron chi connectivity index (χ3n) is 4.53. The molecule has 148 valence electrons. The van der Waals surface area contributed by atoms with Gasteiger partial charge in [-0.05, 0) is 56.5 Å². The predicted octanol–water partition coefficient (Wildman–Crippen LogP) is 4.61. The second-order valence-electron chi connectivity index (χ2n) is 7.71. The smallest absolute Gasteiger partial charge is 0.292 e. The summed E-state index contributed by atoms with van der Waals surface area (Å²) in [5.41, 5.74) is 0.835. The van der Waals surface area contributed by atoms with Crippen LogP contribution in [0.5, 0.6) is 0 Å². The van der Waals surface area contributed by atoms with E-state index < -0.39 is 5.54 Å². The predicted molar refractivity (Wildman–Crippen MR) is 116 cm³/mol. The van der Waals surface area contributed by atoms with Gasteiger partial charge in [0.05, 0.1) is 22.0 Å². The number of carbonyl (C=O) groups excluding carboxylic acids is 1. The van der Waals surface area contributed by atoms with E-state index in [0.29, 0.717) is 27.2 Å². The largest absolute Gasteiger partial charge is 0.293 e. The van der Waals surface area contributed by atoms with Crippen molar-refractivity contribution in [1.29, 1.82) is 0 Å². The third-order valence-corrected chi connectivity index (χ3v) is 5.66. The molecule has 4 rings (SSSR count). The highest BCUT2D eigenvalue weighted by molar-refractivity contribution is 7.13. The van der Waals surface area contributed by atoms with Crippen molar-refractivity contribution in [3.63, 3.8) is 0 Å². The molecule has 0 fully saturated rings. The van der Waals surface area contributed by atoms with Gasteiger partial charge < -0.3 is 0 Å². The summed E-state index contributed by atoms with van der Waals surface area (Å²) >= 11 is 7.43. The minimum absolute atomic E-state index is 0.163. The Morgan fingerprint density at radius 2 is 1.90 bits per heavy atom. The van der Waals surface area contributed by atoms with Crippen molar-refractivity contribution in [2.45, 2.75) is 32.9 Å². The molecule has 0 aliphatic carbocycles. The Labute approximate surface area is 176 Å². The zero-order valence-corrected chi connectivity index (χ0v) is 17.8. The van der Waals surface area contributed by atoms with Crippen LogP contribution in [0, 0.1) is 0 Å². The number of carbonyl (C=O) groups is 1. The Balaban J connectivity index is 1.89. The number of hydrogen-bond acceptors (Lipinski definition) is 5. The van der Waals surface area contributed by atoms with Gasteiger partial charge in [0.2, 0.25) is 0 Å². The van der Waals surface area contributed by atoms with Crippen molar-refractivity contribution in [3.05, 3.63) is 68.9 Å². The summed E-state index contributed by atoms with van der Waals surface area (Å²) in [5.74, 6) is -0.213. The molecule has 0 aliphatic rings. The molecule has 0 N–H and O–H groups in total. The number of Topliss-reactive ketones (excluding diaryl/α,β-unsaturated/α-hetero) is 1. The quantitative estimate of drug-likeness (QED) is 0.447. The molecule has 0 saturated carbocycles. The minimum atomic E-state index is -0.396. The van der Waals surface area contributed by atoms with E-state index in [1.807, 2.05) is 38.3 Å². The van der Waals surface area contributed by atoms with Crippen LogP contribution in [0.1, 0.15) is 31.1 Å². The molecule has 0 saturated heterocycles. The van der Waals surface area contributed by atoms with E-state index in [1.165, 1.54) is 16.0 Å². The zero-order chi connectivity index (χ0) is 20.8. The van der Waals surface area contributed by atoms with Gasteiger partial charge in [-0.1, -0.05) is 17.7 Å². The fourth-order valence-electron chi connectivity index (χ4n) is 3.14. The number of halogens is 1. The fraction of sp³-hybridized carbons (Fsp3) is 0.238. The number of aromatic nitrogens is 4. The SMILES string of the molecule is CC(C)(C)n1ncc2c(-c3cccs3)nn(CC(=O)c3ccc(Cl)cc3)c(=O)c21. The molecule has 0 spiro atoms. The molecule has 4 aromatic rings. The van der Waals surface area contributed by atoms with Crippen LogP contribution in [0.15, 0.2) is 52.8 Å². The number of rotatable bonds is 4. The van der Waals surface area contributed by atoms with Crippen LogP contribution in [0.25, 0.3) is 21.5 Å². The fourth-order valence-corrected chi connectivity index (χ4v) is 3.99. The molecular formula is C21H19ClN4O2S. The molecule has 29 heavy (non-hydrogen) atoms. The zero-order valence-electron chi connectivity index (χ0n) is 16.2. The molecule has 0 atom stereocenters. The van der Waals surface area contributed by atoms with Crippen LogP contribution >= 0.6 is 22.9 Å². The third kappa shape index (κ3) is 3.63. The maximum atomic E-state index is 13.3. The lowest BCUT2D eigenvalue weighted by atomic mass is 10.1. The first-order valence-electron chi connectivity index (χ1n) is 9.07. The molecule has 3 heterocycles. The van der Waals surface area contributed by atoms with Gasteiger partial charge in [-0.25, -0.2) is 4.68 Å². The Bertz CT molecular complexity index is 1250. The molecule has 3 aromatic heterocycles. The first kappa shape index (κ1) is 19.5. The summed E-state index contributed by atoms with van der Waals surface area (Å²) in [5, 5.41) is 12.2. The number of nitrogens with zero attached hydrogens (tertiary/aromatic N) is 4. The van der Waals surface area contributed by atoms with Gasteiger partial charge in [0.15, 0.2) is 5.78 Å². The maximum absolute atomic E-state index is 13.3. The van der Waals surface area contributed by atoms with E-state index in [1.54, 1.807) is 35.1 Å². The first-order chi connectivity index (χ1) is 13.8. The molecule has 1 aromatic carbocycles. The van der Waals surface area contributed by atoms with Crippen molar-refractivity contribution >= 4 is 39.6 Å². The van der Waals surface area contributed by atoms with Crippen molar-refractivity contribution in [3.8, 4) is 10.6 Å². The van der Waals surface area contributed by atoms with Gasteiger partial charge in [-0.2, -0.15) is 10.2 Å². The lowest BCUT2D eigenvalue weighted by Gasteiger charge is -2.20. The summed E-state index contributed by atoms with van der Waals surface area (Å²) in [4.78, 5) is 27.0. The summed E-state index contributed by atoms with van der Waals surface area (Å²) in [6.45, 7) is 5.78. The molecule has 0 bridgehead atoms. The summed E-state index contributed by atoms with van der Waals surface area (Å²) in [7, 11) is 0. The maximum Gasteiger partial charge on any atom is 0.293 e. The summed E-state index contributed by atoms with van der Waals surface area (Å²) in [6.07, 6.45) is 1.68. The average Bonchev–Trinajstić information content (AvgIpc) is 3.34. The van der Waals surface area contributed by atoms with Crippen molar-refractivity contribution in [1.82, 2.24) is 19.6 Å².